The first-order valence-corrected chi connectivity index (χ1v) is 18.1. The molecule has 0 N–H and O–H groups in total. The van der Waals surface area contributed by atoms with Gasteiger partial charge in [-0.2, -0.15) is 0 Å². The molecule has 0 spiro atoms. The lowest BCUT2D eigenvalue weighted by molar-refractivity contribution is 0.672. The summed E-state index contributed by atoms with van der Waals surface area (Å²) in [5, 5.41) is 7.06. The van der Waals surface area contributed by atoms with E-state index in [9.17, 15) is 0 Å². The third kappa shape index (κ3) is 5.40. The van der Waals surface area contributed by atoms with Gasteiger partial charge in [0, 0.05) is 64.0 Å². The van der Waals surface area contributed by atoms with Gasteiger partial charge >= 0.3 is 0 Å². The van der Waals surface area contributed by atoms with Crippen LogP contribution in [0.15, 0.2) is 174 Å². The molecule has 0 aliphatic heterocycles. The molecular formula is C50H28OS. The average molecular weight is 677 g/mol. The fraction of sp³-hybridized carbons (Fsp3) is 0. The van der Waals surface area contributed by atoms with E-state index in [4.69, 9.17) is 4.42 Å². The van der Waals surface area contributed by atoms with E-state index in [1.165, 1.54) is 47.8 Å². The molecule has 0 aliphatic carbocycles. The summed E-state index contributed by atoms with van der Waals surface area (Å²) in [4.78, 5) is 0. The van der Waals surface area contributed by atoms with Crippen molar-refractivity contribution in [3.8, 4) is 45.9 Å². The maximum absolute atomic E-state index is 6.59. The summed E-state index contributed by atoms with van der Waals surface area (Å²) < 4.78 is 9.09. The molecule has 0 saturated heterocycles. The Hall–Kier alpha value is -6.84. The Kier molecular flexibility index (Phi) is 7.21. The van der Waals surface area contributed by atoms with Crippen LogP contribution in [0.4, 0.5) is 0 Å². The number of hydrogen-bond donors (Lipinski definition) is 0. The third-order valence-corrected chi connectivity index (χ3v) is 11.0. The van der Waals surface area contributed by atoms with Gasteiger partial charge in [-0.25, -0.2) is 0 Å². The smallest absolute Gasteiger partial charge is 0.143 e. The van der Waals surface area contributed by atoms with Crippen LogP contribution in [0, 0.1) is 23.7 Å². The SMILES string of the molecule is C(#Cc1ccc2c(c1)oc1c2ccc2c1ccc1c3ccc(C#Cc4ccc(-c5ccccc5)cc4)cc3sc12)c1ccc(-c2ccccc2)cc1. The highest BCUT2D eigenvalue weighted by Crippen LogP contribution is 2.42. The molecular weight excluding hydrogens is 649 g/mol. The van der Waals surface area contributed by atoms with E-state index >= 15 is 0 Å². The van der Waals surface area contributed by atoms with E-state index in [1.54, 1.807) is 0 Å². The van der Waals surface area contributed by atoms with Crippen LogP contribution in [-0.2, 0) is 0 Å². The summed E-state index contributed by atoms with van der Waals surface area (Å²) in [5.74, 6) is 13.4. The molecule has 8 aromatic carbocycles. The van der Waals surface area contributed by atoms with Crippen LogP contribution in [-0.4, -0.2) is 0 Å². The summed E-state index contributed by atoms with van der Waals surface area (Å²) >= 11 is 1.82. The molecule has 0 atom stereocenters. The predicted molar refractivity (Wildman–Crippen MR) is 220 cm³/mol. The fourth-order valence-electron chi connectivity index (χ4n) is 7.07. The third-order valence-electron chi connectivity index (χ3n) is 9.76. The summed E-state index contributed by atoms with van der Waals surface area (Å²) in [6, 6.07) is 59.4. The maximum Gasteiger partial charge on any atom is 0.143 e. The minimum atomic E-state index is 0.850. The van der Waals surface area contributed by atoms with Crippen LogP contribution in [0.2, 0.25) is 0 Å². The van der Waals surface area contributed by atoms with E-state index in [2.05, 4.69) is 181 Å². The molecule has 2 heteroatoms. The normalized spacial score (nSPS) is 11.2. The molecule has 0 unspecified atom stereocenters. The predicted octanol–water partition coefficient (Wildman–Crippen LogP) is 13.2. The average Bonchev–Trinajstić information content (AvgIpc) is 3.78. The molecule has 10 aromatic rings. The van der Waals surface area contributed by atoms with Crippen LogP contribution in [0.5, 0.6) is 0 Å². The molecule has 240 valence electrons. The van der Waals surface area contributed by atoms with Gasteiger partial charge in [0.2, 0.25) is 0 Å². The molecule has 0 radical (unpaired) electrons. The van der Waals surface area contributed by atoms with Crippen LogP contribution < -0.4 is 0 Å². The standard InChI is InChI=1S/C50H28OS/c1-3-7-37(8-4-1)39-21-15-33(16-22-39)11-13-35-19-25-41-43-27-30-46-44(49(43)51-47(41)31-35)28-29-45-42-26-20-36(32-48(42)52-50(45)46)14-12-34-17-23-40(24-18-34)38-9-5-2-6-10-38/h1-10,15-32H. The second-order valence-corrected chi connectivity index (χ2v) is 14.0. The van der Waals surface area contributed by atoms with Crippen molar-refractivity contribution in [2.45, 2.75) is 0 Å². The first kappa shape index (κ1) is 30.0. The van der Waals surface area contributed by atoms with Crippen molar-refractivity contribution in [1.29, 1.82) is 0 Å². The minimum absolute atomic E-state index is 0.850. The van der Waals surface area contributed by atoms with E-state index in [0.717, 1.165) is 49.6 Å². The van der Waals surface area contributed by atoms with Gasteiger partial charge in [-0.05, 0) is 89.0 Å². The molecule has 2 aromatic heterocycles. The van der Waals surface area contributed by atoms with Crippen molar-refractivity contribution < 1.29 is 4.42 Å². The number of furan rings is 1. The van der Waals surface area contributed by atoms with E-state index in [1.807, 2.05) is 23.5 Å². The largest absolute Gasteiger partial charge is 0.455 e. The number of hydrogen-bond acceptors (Lipinski definition) is 2. The molecule has 0 amide bonds. The lowest BCUT2D eigenvalue weighted by Gasteiger charge is -2.01. The van der Waals surface area contributed by atoms with Crippen molar-refractivity contribution in [3.63, 3.8) is 0 Å². The van der Waals surface area contributed by atoms with Gasteiger partial charge in [-0.3, -0.25) is 0 Å². The Bertz CT molecular complexity index is 2870. The van der Waals surface area contributed by atoms with Crippen LogP contribution in [0.1, 0.15) is 22.3 Å². The summed E-state index contributed by atoms with van der Waals surface area (Å²) in [6.45, 7) is 0. The van der Waals surface area contributed by atoms with Gasteiger partial charge in [0.25, 0.3) is 0 Å². The van der Waals surface area contributed by atoms with Crippen LogP contribution in [0.3, 0.4) is 0 Å². The number of rotatable bonds is 2. The molecule has 52 heavy (non-hydrogen) atoms. The molecule has 0 bridgehead atoms. The number of fused-ring (bicyclic) bond motifs is 9. The Labute approximate surface area is 305 Å². The van der Waals surface area contributed by atoms with Gasteiger partial charge in [-0.1, -0.05) is 127 Å². The van der Waals surface area contributed by atoms with E-state index in [0.29, 0.717) is 0 Å². The second-order valence-electron chi connectivity index (χ2n) is 13.0. The molecule has 0 fully saturated rings. The summed E-state index contributed by atoms with van der Waals surface area (Å²) in [6.07, 6.45) is 0. The van der Waals surface area contributed by atoms with E-state index in [-0.39, 0.29) is 0 Å². The highest BCUT2D eigenvalue weighted by Gasteiger charge is 2.15. The number of benzene rings is 8. The quantitative estimate of drug-likeness (QED) is 0.166. The van der Waals surface area contributed by atoms with Crippen molar-refractivity contribution in [2.24, 2.45) is 0 Å². The highest BCUT2D eigenvalue weighted by atomic mass is 32.1. The van der Waals surface area contributed by atoms with Gasteiger partial charge in [0.05, 0.1) is 0 Å². The topological polar surface area (TPSA) is 13.1 Å². The van der Waals surface area contributed by atoms with Crippen molar-refractivity contribution >= 4 is 64.2 Å². The maximum atomic E-state index is 6.59. The van der Waals surface area contributed by atoms with E-state index < -0.39 is 0 Å². The molecule has 1 nitrogen and oxygen atoms in total. The van der Waals surface area contributed by atoms with Crippen LogP contribution >= 0.6 is 11.3 Å². The molecule has 10 rings (SSSR count). The first-order chi connectivity index (χ1) is 25.7. The van der Waals surface area contributed by atoms with Gasteiger partial charge in [-0.15, -0.1) is 11.3 Å². The monoisotopic (exact) mass is 676 g/mol. The molecule has 0 aliphatic rings. The van der Waals surface area contributed by atoms with Crippen LogP contribution in [0.25, 0.3) is 75.1 Å². The Balaban J connectivity index is 0.957. The number of thiophene rings is 1. The zero-order chi connectivity index (χ0) is 34.4. The molecule has 0 saturated carbocycles. The Morgan fingerprint density at radius 3 is 1.37 bits per heavy atom. The summed E-state index contributed by atoms with van der Waals surface area (Å²) in [7, 11) is 0. The van der Waals surface area contributed by atoms with Gasteiger partial charge in [0.1, 0.15) is 11.2 Å². The lowest BCUT2D eigenvalue weighted by atomic mass is 10.0. The zero-order valence-corrected chi connectivity index (χ0v) is 28.8. The van der Waals surface area contributed by atoms with Crippen molar-refractivity contribution in [3.05, 3.63) is 192 Å². The zero-order valence-electron chi connectivity index (χ0n) is 28.0. The Morgan fingerprint density at radius 1 is 0.346 bits per heavy atom. The van der Waals surface area contributed by atoms with Gasteiger partial charge < -0.3 is 4.42 Å². The Morgan fingerprint density at radius 2 is 0.769 bits per heavy atom. The van der Waals surface area contributed by atoms with Crippen molar-refractivity contribution in [1.82, 2.24) is 0 Å². The first-order valence-electron chi connectivity index (χ1n) is 17.3. The molecule has 2 heterocycles. The highest BCUT2D eigenvalue weighted by molar-refractivity contribution is 7.26. The second kappa shape index (κ2) is 12.5. The lowest BCUT2D eigenvalue weighted by Crippen LogP contribution is -1.79. The van der Waals surface area contributed by atoms with Crippen molar-refractivity contribution in [2.75, 3.05) is 0 Å². The summed E-state index contributed by atoms with van der Waals surface area (Å²) in [5.41, 5.74) is 10.5. The van der Waals surface area contributed by atoms with Gasteiger partial charge in [0.15, 0.2) is 0 Å². The fourth-order valence-corrected chi connectivity index (χ4v) is 8.34. The minimum Gasteiger partial charge on any atom is -0.455 e.